The molecule has 0 amide bonds. The molecule has 2 aromatic carbocycles. The highest BCUT2D eigenvalue weighted by atomic mass is 79.9. The van der Waals surface area contributed by atoms with Crippen LogP contribution in [0.5, 0.6) is 0 Å². The maximum Gasteiger partial charge on any atom is 0.309 e. The van der Waals surface area contributed by atoms with E-state index in [4.69, 9.17) is 0 Å². The number of benzene rings is 2. The Balaban J connectivity index is 2.19. The second-order valence-corrected chi connectivity index (χ2v) is 4.88. The maximum atomic E-state index is 11.2. The van der Waals surface area contributed by atoms with Gasteiger partial charge >= 0.3 is 5.97 Å². The molecule has 0 aliphatic carbocycles. The van der Waals surface area contributed by atoms with Gasteiger partial charge in [-0.25, -0.2) is 0 Å². The van der Waals surface area contributed by atoms with Crippen molar-refractivity contribution in [3.8, 4) is 11.1 Å². The molecule has 3 heteroatoms. The Bertz CT molecular complexity index is 547. The van der Waals surface area contributed by atoms with Gasteiger partial charge in [0.15, 0.2) is 0 Å². The van der Waals surface area contributed by atoms with Gasteiger partial charge in [-0.05, 0) is 28.8 Å². The molecule has 0 radical (unpaired) electrons. The molecule has 2 nitrogen and oxygen atoms in total. The lowest BCUT2D eigenvalue weighted by molar-refractivity contribution is -0.139. The number of rotatable bonds is 3. The van der Waals surface area contributed by atoms with Gasteiger partial charge in [0.2, 0.25) is 0 Å². The van der Waals surface area contributed by atoms with E-state index in [2.05, 4.69) is 32.8 Å². The number of ether oxygens (including phenoxy) is 1. The van der Waals surface area contributed by atoms with Crippen molar-refractivity contribution in [1.82, 2.24) is 0 Å². The van der Waals surface area contributed by atoms with E-state index in [9.17, 15) is 4.79 Å². The smallest absolute Gasteiger partial charge is 0.309 e. The number of hydrogen-bond acceptors (Lipinski definition) is 2. The van der Waals surface area contributed by atoms with Gasteiger partial charge in [0.05, 0.1) is 13.5 Å². The second-order valence-electron chi connectivity index (χ2n) is 3.96. The fourth-order valence-electron chi connectivity index (χ4n) is 1.72. The van der Waals surface area contributed by atoms with Crippen molar-refractivity contribution < 1.29 is 9.53 Å². The molecule has 0 unspecified atom stereocenters. The highest BCUT2D eigenvalue weighted by Crippen LogP contribution is 2.23. The third kappa shape index (κ3) is 3.20. The molecule has 0 spiro atoms. The maximum absolute atomic E-state index is 11.2. The quantitative estimate of drug-likeness (QED) is 0.806. The van der Waals surface area contributed by atoms with Crippen molar-refractivity contribution in [2.75, 3.05) is 7.11 Å². The minimum absolute atomic E-state index is 0.217. The zero-order chi connectivity index (χ0) is 13.0. The van der Waals surface area contributed by atoms with Gasteiger partial charge in [0.25, 0.3) is 0 Å². The van der Waals surface area contributed by atoms with Crippen LogP contribution in [0.3, 0.4) is 0 Å². The summed E-state index contributed by atoms with van der Waals surface area (Å²) in [6, 6.07) is 16.0. The first-order chi connectivity index (χ1) is 8.69. The van der Waals surface area contributed by atoms with Crippen LogP contribution in [0.4, 0.5) is 0 Å². The van der Waals surface area contributed by atoms with Crippen LogP contribution in [0.25, 0.3) is 11.1 Å². The first-order valence-corrected chi connectivity index (χ1v) is 6.40. The molecule has 0 heterocycles. The Hall–Kier alpha value is -1.61. The molecular formula is C15H13BrO2. The summed E-state index contributed by atoms with van der Waals surface area (Å²) in [5.74, 6) is -0.217. The van der Waals surface area contributed by atoms with Crippen LogP contribution in [0.1, 0.15) is 5.56 Å². The number of carbonyl (C=O) groups is 1. The number of hydrogen-bond donors (Lipinski definition) is 0. The molecule has 0 saturated heterocycles. The van der Waals surface area contributed by atoms with Gasteiger partial charge in [0.1, 0.15) is 0 Å². The SMILES string of the molecule is COC(=O)Cc1ccc(-c2cccc(Br)c2)cc1. The molecule has 0 N–H and O–H groups in total. The molecule has 0 aromatic heterocycles. The van der Waals surface area contributed by atoms with E-state index >= 15 is 0 Å². The number of methoxy groups -OCH3 is 1. The zero-order valence-electron chi connectivity index (χ0n) is 10.0. The van der Waals surface area contributed by atoms with Crippen molar-refractivity contribution in [2.24, 2.45) is 0 Å². The molecule has 0 aliphatic heterocycles. The average molecular weight is 305 g/mol. The van der Waals surface area contributed by atoms with Crippen molar-refractivity contribution >= 4 is 21.9 Å². The third-order valence-corrected chi connectivity index (χ3v) is 3.18. The van der Waals surface area contributed by atoms with E-state index in [-0.39, 0.29) is 5.97 Å². The molecule has 18 heavy (non-hydrogen) atoms. The molecule has 0 atom stereocenters. The third-order valence-electron chi connectivity index (χ3n) is 2.69. The summed E-state index contributed by atoms with van der Waals surface area (Å²) in [5, 5.41) is 0. The van der Waals surface area contributed by atoms with E-state index in [1.54, 1.807) is 0 Å². The summed E-state index contributed by atoms with van der Waals surface area (Å²) in [4.78, 5) is 11.2. The average Bonchev–Trinajstić information content (AvgIpc) is 2.39. The molecule has 0 aliphatic rings. The normalized spacial score (nSPS) is 10.1. The minimum Gasteiger partial charge on any atom is -0.469 e. The zero-order valence-corrected chi connectivity index (χ0v) is 11.6. The lowest BCUT2D eigenvalue weighted by Crippen LogP contribution is -2.04. The van der Waals surface area contributed by atoms with Crippen LogP contribution in [-0.4, -0.2) is 13.1 Å². The molecule has 92 valence electrons. The van der Waals surface area contributed by atoms with Crippen LogP contribution in [0.2, 0.25) is 0 Å². The molecule has 2 aromatic rings. The van der Waals surface area contributed by atoms with Crippen LogP contribution in [-0.2, 0) is 16.0 Å². The Morgan fingerprint density at radius 3 is 2.44 bits per heavy atom. The van der Waals surface area contributed by atoms with Crippen molar-refractivity contribution in [3.63, 3.8) is 0 Å². The van der Waals surface area contributed by atoms with Crippen molar-refractivity contribution in [2.45, 2.75) is 6.42 Å². The van der Waals surface area contributed by atoms with E-state index in [1.807, 2.05) is 36.4 Å². The van der Waals surface area contributed by atoms with Gasteiger partial charge in [-0.3, -0.25) is 4.79 Å². The predicted octanol–water partition coefficient (Wildman–Crippen LogP) is 3.83. The monoisotopic (exact) mass is 304 g/mol. The summed E-state index contributed by atoms with van der Waals surface area (Å²) < 4.78 is 5.69. The lowest BCUT2D eigenvalue weighted by atomic mass is 10.0. The standard InChI is InChI=1S/C15H13BrO2/c1-18-15(17)9-11-5-7-12(8-6-11)13-3-2-4-14(16)10-13/h2-8,10H,9H2,1H3. The topological polar surface area (TPSA) is 26.3 Å². The Kier molecular flexibility index (Phi) is 4.15. The van der Waals surface area contributed by atoms with Crippen LogP contribution >= 0.6 is 15.9 Å². The summed E-state index contributed by atoms with van der Waals surface area (Å²) >= 11 is 3.45. The van der Waals surface area contributed by atoms with E-state index in [1.165, 1.54) is 7.11 Å². The van der Waals surface area contributed by atoms with Crippen LogP contribution in [0, 0.1) is 0 Å². The molecular weight excluding hydrogens is 292 g/mol. The Morgan fingerprint density at radius 1 is 1.11 bits per heavy atom. The fraction of sp³-hybridized carbons (Fsp3) is 0.133. The van der Waals surface area contributed by atoms with Gasteiger partial charge in [-0.15, -0.1) is 0 Å². The second kappa shape index (κ2) is 5.83. The molecule has 0 bridgehead atoms. The molecule has 0 saturated carbocycles. The Morgan fingerprint density at radius 2 is 1.83 bits per heavy atom. The van der Waals surface area contributed by atoms with Gasteiger partial charge in [0, 0.05) is 4.47 Å². The van der Waals surface area contributed by atoms with Crippen molar-refractivity contribution in [1.29, 1.82) is 0 Å². The first kappa shape index (κ1) is 12.8. The fourth-order valence-corrected chi connectivity index (χ4v) is 2.12. The summed E-state index contributed by atoms with van der Waals surface area (Å²) in [6.45, 7) is 0. The first-order valence-electron chi connectivity index (χ1n) is 5.61. The lowest BCUT2D eigenvalue weighted by Gasteiger charge is -2.04. The summed E-state index contributed by atoms with van der Waals surface area (Å²) in [5.41, 5.74) is 3.24. The minimum atomic E-state index is -0.217. The predicted molar refractivity (Wildman–Crippen MR) is 75.3 cm³/mol. The largest absolute Gasteiger partial charge is 0.469 e. The summed E-state index contributed by atoms with van der Waals surface area (Å²) in [7, 11) is 1.40. The van der Waals surface area contributed by atoms with Crippen molar-refractivity contribution in [3.05, 3.63) is 58.6 Å². The van der Waals surface area contributed by atoms with Crippen LogP contribution < -0.4 is 0 Å². The van der Waals surface area contributed by atoms with Gasteiger partial charge < -0.3 is 4.74 Å². The number of esters is 1. The number of halogens is 1. The van der Waals surface area contributed by atoms with Crippen LogP contribution in [0.15, 0.2) is 53.0 Å². The Labute approximate surface area is 115 Å². The number of carbonyl (C=O) groups excluding carboxylic acids is 1. The van der Waals surface area contributed by atoms with E-state index in [0.29, 0.717) is 6.42 Å². The summed E-state index contributed by atoms with van der Waals surface area (Å²) in [6.07, 6.45) is 0.315. The highest BCUT2D eigenvalue weighted by molar-refractivity contribution is 9.10. The highest BCUT2D eigenvalue weighted by Gasteiger charge is 2.03. The van der Waals surface area contributed by atoms with E-state index in [0.717, 1.165) is 21.2 Å². The van der Waals surface area contributed by atoms with Gasteiger partial charge in [-0.1, -0.05) is 52.3 Å². The molecule has 2 rings (SSSR count). The van der Waals surface area contributed by atoms with Gasteiger partial charge in [-0.2, -0.15) is 0 Å². The molecule has 0 fully saturated rings. The van der Waals surface area contributed by atoms with E-state index < -0.39 is 0 Å².